The van der Waals surface area contributed by atoms with Gasteiger partial charge in [-0.3, -0.25) is 9.69 Å². The van der Waals surface area contributed by atoms with Gasteiger partial charge < -0.3 is 10.1 Å². The summed E-state index contributed by atoms with van der Waals surface area (Å²) in [4.78, 5) is 14.1. The van der Waals surface area contributed by atoms with Gasteiger partial charge >= 0.3 is 0 Å². The summed E-state index contributed by atoms with van der Waals surface area (Å²) >= 11 is 0. The first-order valence-electron chi connectivity index (χ1n) is 7.96. The van der Waals surface area contributed by atoms with Crippen LogP contribution in [0.15, 0.2) is 54.6 Å². The number of carbonyl (C=O) groups is 1. The van der Waals surface area contributed by atoms with E-state index in [0.29, 0.717) is 19.7 Å². The molecule has 0 radical (unpaired) electrons. The SMILES string of the molecule is CC(C(=O)NCc1ccc(F)cc1)N(C)CCOc1ccccc1. The van der Waals surface area contributed by atoms with Crippen LogP contribution >= 0.6 is 0 Å². The molecule has 0 aromatic heterocycles. The zero-order valence-corrected chi connectivity index (χ0v) is 14.0. The number of benzene rings is 2. The summed E-state index contributed by atoms with van der Waals surface area (Å²) in [5, 5.41) is 2.86. The number of para-hydroxylation sites is 1. The number of rotatable bonds is 8. The highest BCUT2D eigenvalue weighted by Crippen LogP contribution is 2.08. The summed E-state index contributed by atoms with van der Waals surface area (Å²) in [5.41, 5.74) is 0.868. The molecule has 24 heavy (non-hydrogen) atoms. The van der Waals surface area contributed by atoms with Crippen molar-refractivity contribution in [3.63, 3.8) is 0 Å². The first kappa shape index (κ1) is 17.9. The molecule has 0 bridgehead atoms. The van der Waals surface area contributed by atoms with Crippen LogP contribution in [0.4, 0.5) is 4.39 Å². The molecule has 128 valence electrons. The van der Waals surface area contributed by atoms with Crippen molar-refractivity contribution in [3.05, 3.63) is 66.0 Å². The van der Waals surface area contributed by atoms with Gasteiger partial charge in [0.2, 0.25) is 5.91 Å². The molecular weight excluding hydrogens is 307 g/mol. The molecule has 0 aliphatic rings. The standard InChI is InChI=1S/C19H23FN2O2/c1-15(19(23)21-14-16-8-10-17(20)11-9-16)22(2)12-13-24-18-6-4-3-5-7-18/h3-11,15H,12-14H2,1-2H3,(H,21,23). The molecule has 2 aromatic rings. The van der Waals surface area contributed by atoms with Gasteiger partial charge in [-0.2, -0.15) is 0 Å². The van der Waals surface area contributed by atoms with E-state index in [1.54, 1.807) is 12.1 Å². The maximum atomic E-state index is 12.9. The lowest BCUT2D eigenvalue weighted by atomic mass is 10.2. The lowest BCUT2D eigenvalue weighted by molar-refractivity contribution is -0.125. The van der Waals surface area contributed by atoms with Gasteiger partial charge in [-0.15, -0.1) is 0 Å². The summed E-state index contributed by atoms with van der Waals surface area (Å²) < 4.78 is 18.5. The Bertz CT molecular complexity index is 632. The number of ether oxygens (including phenoxy) is 1. The molecule has 1 atom stereocenters. The van der Waals surface area contributed by atoms with Crippen molar-refractivity contribution in [2.45, 2.75) is 19.5 Å². The Hall–Kier alpha value is -2.40. The molecule has 1 N–H and O–H groups in total. The van der Waals surface area contributed by atoms with Crippen LogP contribution in [0.5, 0.6) is 5.75 Å². The number of hydrogen-bond acceptors (Lipinski definition) is 3. The normalized spacial score (nSPS) is 12.0. The fourth-order valence-electron chi connectivity index (χ4n) is 2.16. The van der Waals surface area contributed by atoms with Crippen LogP contribution in [-0.4, -0.2) is 37.0 Å². The largest absolute Gasteiger partial charge is 0.492 e. The number of carbonyl (C=O) groups excluding carboxylic acids is 1. The minimum atomic E-state index is -0.281. The topological polar surface area (TPSA) is 41.6 Å². The Balaban J connectivity index is 1.72. The molecule has 0 aliphatic carbocycles. The van der Waals surface area contributed by atoms with Gasteiger partial charge in [-0.1, -0.05) is 30.3 Å². The monoisotopic (exact) mass is 330 g/mol. The summed E-state index contributed by atoms with van der Waals surface area (Å²) in [5.74, 6) is 0.470. The third kappa shape index (κ3) is 5.66. The van der Waals surface area contributed by atoms with Crippen LogP contribution < -0.4 is 10.1 Å². The molecule has 0 aliphatic heterocycles. The van der Waals surface area contributed by atoms with Gasteiger partial charge in [-0.25, -0.2) is 4.39 Å². The Morgan fingerprint density at radius 3 is 2.50 bits per heavy atom. The average Bonchev–Trinajstić information content (AvgIpc) is 2.61. The zero-order valence-electron chi connectivity index (χ0n) is 14.0. The van der Waals surface area contributed by atoms with Crippen LogP contribution in [0.2, 0.25) is 0 Å². The van der Waals surface area contributed by atoms with Gasteiger partial charge in [0.05, 0.1) is 6.04 Å². The predicted molar refractivity (Wildman–Crippen MR) is 92.3 cm³/mol. The molecule has 1 amide bonds. The summed E-state index contributed by atoms with van der Waals surface area (Å²) in [6, 6.07) is 15.4. The maximum absolute atomic E-state index is 12.9. The predicted octanol–water partition coefficient (Wildman–Crippen LogP) is 2.84. The van der Waals surface area contributed by atoms with Crippen molar-refractivity contribution in [2.75, 3.05) is 20.2 Å². The van der Waals surface area contributed by atoms with E-state index in [0.717, 1.165) is 11.3 Å². The number of amides is 1. The molecule has 0 fully saturated rings. The van der Waals surface area contributed by atoms with E-state index in [4.69, 9.17) is 4.74 Å². The average molecular weight is 330 g/mol. The van der Waals surface area contributed by atoms with Crippen LogP contribution in [0.1, 0.15) is 12.5 Å². The quantitative estimate of drug-likeness (QED) is 0.809. The Labute approximate surface area is 142 Å². The summed E-state index contributed by atoms with van der Waals surface area (Å²) in [7, 11) is 1.89. The van der Waals surface area contributed by atoms with Crippen LogP contribution in [0, 0.1) is 5.82 Å². The second-order valence-electron chi connectivity index (χ2n) is 5.66. The fourth-order valence-corrected chi connectivity index (χ4v) is 2.16. The van der Waals surface area contributed by atoms with Crippen LogP contribution in [-0.2, 0) is 11.3 Å². The molecule has 0 spiro atoms. The van der Waals surface area contributed by atoms with Crippen molar-refractivity contribution in [3.8, 4) is 5.75 Å². The highest BCUT2D eigenvalue weighted by molar-refractivity contribution is 5.81. The van der Waals surface area contributed by atoms with Crippen molar-refractivity contribution in [1.29, 1.82) is 0 Å². The van der Waals surface area contributed by atoms with Crippen LogP contribution in [0.25, 0.3) is 0 Å². The Morgan fingerprint density at radius 1 is 1.17 bits per heavy atom. The molecule has 2 rings (SSSR count). The van der Waals surface area contributed by atoms with Gasteiger partial charge in [0.25, 0.3) is 0 Å². The van der Waals surface area contributed by atoms with Gasteiger partial charge in [0.1, 0.15) is 18.2 Å². The first-order valence-corrected chi connectivity index (χ1v) is 7.96. The molecule has 5 heteroatoms. The highest BCUT2D eigenvalue weighted by Gasteiger charge is 2.17. The highest BCUT2D eigenvalue weighted by atomic mass is 19.1. The number of nitrogens with one attached hydrogen (secondary N) is 1. The number of halogens is 1. The van der Waals surface area contributed by atoms with E-state index in [2.05, 4.69) is 5.32 Å². The van der Waals surface area contributed by atoms with E-state index in [-0.39, 0.29) is 17.8 Å². The maximum Gasteiger partial charge on any atom is 0.237 e. The molecule has 0 saturated heterocycles. The summed E-state index contributed by atoms with van der Waals surface area (Å²) in [6.45, 7) is 3.39. The van der Waals surface area contributed by atoms with Crippen molar-refractivity contribution >= 4 is 5.91 Å². The van der Waals surface area contributed by atoms with Gasteiger partial charge in [-0.05, 0) is 43.8 Å². The number of nitrogens with zero attached hydrogens (tertiary/aromatic N) is 1. The molecule has 0 saturated carbocycles. The minimum absolute atomic E-state index is 0.0680. The smallest absolute Gasteiger partial charge is 0.237 e. The molecule has 0 heterocycles. The zero-order chi connectivity index (χ0) is 17.4. The van der Waals surface area contributed by atoms with Crippen molar-refractivity contribution in [2.24, 2.45) is 0 Å². The fraction of sp³-hybridized carbons (Fsp3) is 0.316. The third-order valence-electron chi connectivity index (χ3n) is 3.88. The first-order chi connectivity index (χ1) is 11.6. The second-order valence-corrected chi connectivity index (χ2v) is 5.66. The van der Waals surface area contributed by atoms with E-state index in [9.17, 15) is 9.18 Å². The van der Waals surface area contributed by atoms with Gasteiger partial charge in [0.15, 0.2) is 0 Å². The lowest BCUT2D eigenvalue weighted by Crippen LogP contribution is -2.44. The van der Waals surface area contributed by atoms with E-state index >= 15 is 0 Å². The molecule has 4 nitrogen and oxygen atoms in total. The summed E-state index contributed by atoms with van der Waals surface area (Å²) in [6.07, 6.45) is 0. The van der Waals surface area contributed by atoms with E-state index in [1.165, 1.54) is 12.1 Å². The number of hydrogen-bond donors (Lipinski definition) is 1. The third-order valence-corrected chi connectivity index (χ3v) is 3.88. The Kier molecular flexibility index (Phi) is 6.75. The molecule has 2 aromatic carbocycles. The lowest BCUT2D eigenvalue weighted by Gasteiger charge is -2.23. The number of likely N-dealkylation sites (N-methyl/N-ethyl adjacent to an activating group) is 1. The minimum Gasteiger partial charge on any atom is -0.492 e. The van der Waals surface area contributed by atoms with Gasteiger partial charge in [0, 0.05) is 13.1 Å². The van der Waals surface area contributed by atoms with Crippen molar-refractivity contribution < 1.29 is 13.9 Å². The molecule has 1 unspecified atom stereocenters. The molecular formula is C19H23FN2O2. The van der Waals surface area contributed by atoms with Crippen LogP contribution in [0.3, 0.4) is 0 Å². The van der Waals surface area contributed by atoms with E-state index < -0.39 is 0 Å². The van der Waals surface area contributed by atoms with Crippen molar-refractivity contribution in [1.82, 2.24) is 10.2 Å². The Morgan fingerprint density at radius 2 is 1.83 bits per heavy atom. The van der Waals surface area contributed by atoms with E-state index in [1.807, 2.05) is 49.2 Å². The second kappa shape index (κ2) is 9.03.